The summed E-state index contributed by atoms with van der Waals surface area (Å²) in [5, 5.41) is 0. The zero-order valence-corrected chi connectivity index (χ0v) is 14.8. The lowest BCUT2D eigenvalue weighted by molar-refractivity contribution is 0.462. The van der Waals surface area contributed by atoms with Gasteiger partial charge in [-0.25, -0.2) is 0 Å². The van der Waals surface area contributed by atoms with Gasteiger partial charge >= 0.3 is 0 Å². The molecule has 2 nitrogen and oxygen atoms in total. The molecule has 3 aromatic rings. The van der Waals surface area contributed by atoms with Crippen molar-refractivity contribution in [2.24, 2.45) is 0 Å². The molecule has 0 aliphatic rings. The molecule has 0 amide bonds. The first-order chi connectivity index (χ1) is 12.2. The lowest BCUT2D eigenvalue weighted by Crippen LogP contribution is -1.98. The van der Waals surface area contributed by atoms with Gasteiger partial charge in [0.05, 0.1) is 0 Å². The molecule has 0 saturated carbocycles. The van der Waals surface area contributed by atoms with E-state index in [0.717, 1.165) is 39.7 Å². The van der Waals surface area contributed by atoms with Crippen LogP contribution in [0.4, 0.5) is 0 Å². The van der Waals surface area contributed by atoms with Crippen molar-refractivity contribution >= 4 is 5.76 Å². The van der Waals surface area contributed by atoms with E-state index in [-0.39, 0.29) is 0 Å². The van der Waals surface area contributed by atoms with Crippen LogP contribution in [0.15, 0.2) is 78.9 Å². The van der Waals surface area contributed by atoms with Crippen LogP contribution in [0.1, 0.15) is 23.6 Å². The maximum Gasteiger partial charge on any atom is 0.134 e. The van der Waals surface area contributed by atoms with E-state index in [1.54, 1.807) is 0 Å². The monoisotopic (exact) mass is 330 g/mol. The van der Waals surface area contributed by atoms with Gasteiger partial charge in [0.2, 0.25) is 0 Å². The van der Waals surface area contributed by atoms with E-state index >= 15 is 0 Å². The molecule has 0 fully saturated rings. The van der Waals surface area contributed by atoms with Crippen molar-refractivity contribution in [2.75, 3.05) is 0 Å². The minimum Gasteiger partial charge on any atom is -0.457 e. The Hall–Kier alpha value is -3.00. The maximum atomic E-state index is 6.17. The molecule has 0 unspecified atom stereocenters. The van der Waals surface area contributed by atoms with Gasteiger partial charge in [0.1, 0.15) is 23.0 Å². The SMILES string of the molecule is C/C=C(\Oc1cccc(Oc2ccccc2C)c1C)c1ccccc1. The first-order valence-electron chi connectivity index (χ1n) is 8.41. The average Bonchev–Trinajstić information content (AvgIpc) is 2.65. The summed E-state index contributed by atoms with van der Waals surface area (Å²) < 4.78 is 12.3. The predicted octanol–water partition coefficient (Wildman–Crippen LogP) is 6.54. The molecule has 0 bridgehead atoms. The third-order valence-electron chi connectivity index (χ3n) is 4.09. The molecule has 2 heteroatoms. The highest BCUT2D eigenvalue weighted by atomic mass is 16.5. The van der Waals surface area contributed by atoms with Crippen LogP contribution >= 0.6 is 0 Å². The summed E-state index contributed by atoms with van der Waals surface area (Å²) >= 11 is 0. The summed E-state index contributed by atoms with van der Waals surface area (Å²) in [4.78, 5) is 0. The second kappa shape index (κ2) is 7.71. The van der Waals surface area contributed by atoms with Crippen molar-refractivity contribution in [3.05, 3.63) is 95.6 Å². The molecule has 0 aliphatic heterocycles. The second-order valence-electron chi connectivity index (χ2n) is 5.87. The maximum absolute atomic E-state index is 6.17. The lowest BCUT2D eigenvalue weighted by Gasteiger charge is -2.16. The van der Waals surface area contributed by atoms with Crippen LogP contribution < -0.4 is 9.47 Å². The Morgan fingerprint density at radius 2 is 1.36 bits per heavy atom. The fourth-order valence-corrected chi connectivity index (χ4v) is 2.61. The van der Waals surface area contributed by atoms with Gasteiger partial charge in [0.15, 0.2) is 0 Å². The average molecular weight is 330 g/mol. The Balaban J connectivity index is 1.87. The summed E-state index contributed by atoms with van der Waals surface area (Å²) in [5.41, 5.74) is 3.13. The molecule has 0 aliphatic carbocycles. The molecule has 3 rings (SSSR count). The second-order valence-corrected chi connectivity index (χ2v) is 5.87. The number of allylic oxidation sites excluding steroid dienone is 1. The van der Waals surface area contributed by atoms with Crippen molar-refractivity contribution in [2.45, 2.75) is 20.8 Å². The fourth-order valence-electron chi connectivity index (χ4n) is 2.61. The zero-order valence-electron chi connectivity index (χ0n) is 14.8. The molecule has 126 valence electrons. The zero-order chi connectivity index (χ0) is 17.6. The van der Waals surface area contributed by atoms with E-state index in [9.17, 15) is 0 Å². The molecular formula is C23H22O2. The predicted molar refractivity (Wildman–Crippen MR) is 103 cm³/mol. The number of hydrogen-bond acceptors (Lipinski definition) is 2. The van der Waals surface area contributed by atoms with E-state index < -0.39 is 0 Å². The summed E-state index contributed by atoms with van der Waals surface area (Å²) in [6.07, 6.45) is 1.98. The Bertz CT molecular complexity index is 880. The van der Waals surface area contributed by atoms with Gasteiger partial charge in [0, 0.05) is 11.1 Å². The van der Waals surface area contributed by atoms with Gasteiger partial charge in [-0.1, -0.05) is 54.6 Å². The van der Waals surface area contributed by atoms with E-state index in [2.05, 4.69) is 0 Å². The normalized spacial score (nSPS) is 11.2. The van der Waals surface area contributed by atoms with Crippen molar-refractivity contribution in [1.82, 2.24) is 0 Å². The molecule has 0 heterocycles. The van der Waals surface area contributed by atoms with Crippen LogP contribution in [-0.4, -0.2) is 0 Å². The number of rotatable bonds is 5. The van der Waals surface area contributed by atoms with Crippen LogP contribution in [0.25, 0.3) is 5.76 Å². The smallest absolute Gasteiger partial charge is 0.134 e. The van der Waals surface area contributed by atoms with Crippen molar-refractivity contribution in [3.8, 4) is 17.2 Å². The molecule has 0 atom stereocenters. The number of para-hydroxylation sites is 1. The third-order valence-corrected chi connectivity index (χ3v) is 4.09. The van der Waals surface area contributed by atoms with Crippen LogP contribution in [-0.2, 0) is 0 Å². The third kappa shape index (κ3) is 3.92. The number of benzene rings is 3. The van der Waals surface area contributed by atoms with E-state index in [0.29, 0.717) is 0 Å². The number of aryl methyl sites for hydroxylation is 1. The fraction of sp³-hybridized carbons (Fsp3) is 0.130. The van der Waals surface area contributed by atoms with Gasteiger partial charge in [-0.2, -0.15) is 0 Å². The van der Waals surface area contributed by atoms with Gasteiger partial charge < -0.3 is 9.47 Å². The summed E-state index contributed by atoms with van der Waals surface area (Å²) in [6.45, 7) is 6.03. The number of hydrogen-bond donors (Lipinski definition) is 0. The highest BCUT2D eigenvalue weighted by Gasteiger charge is 2.11. The molecule has 3 aromatic carbocycles. The van der Waals surface area contributed by atoms with Crippen LogP contribution in [0.2, 0.25) is 0 Å². The molecular weight excluding hydrogens is 308 g/mol. The first kappa shape index (κ1) is 16.8. The van der Waals surface area contributed by atoms with Gasteiger partial charge in [-0.15, -0.1) is 0 Å². The van der Waals surface area contributed by atoms with Crippen LogP contribution in [0.5, 0.6) is 17.2 Å². The summed E-state index contributed by atoms with van der Waals surface area (Å²) in [6, 6.07) is 24.0. The Morgan fingerprint density at radius 1 is 0.720 bits per heavy atom. The lowest BCUT2D eigenvalue weighted by atomic mass is 10.1. The van der Waals surface area contributed by atoms with E-state index in [4.69, 9.17) is 9.47 Å². The van der Waals surface area contributed by atoms with Gasteiger partial charge in [0.25, 0.3) is 0 Å². The molecule has 0 saturated heterocycles. The minimum absolute atomic E-state index is 0.794. The number of ether oxygens (including phenoxy) is 2. The van der Waals surface area contributed by atoms with E-state index in [1.165, 1.54) is 0 Å². The van der Waals surface area contributed by atoms with Crippen LogP contribution in [0, 0.1) is 13.8 Å². The summed E-state index contributed by atoms with van der Waals surface area (Å²) in [7, 11) is 0. The van der Waals surface area contributed by atoms with Crippen molar-refractivity contribution in [3.63, 3.8) is 0 Å². The Labute approximate surface area is 149 Å². The van der Waals surface area contributed by atoms with E-state index in [1.807, 2.05) is 99.6 Å². The molecule has 0 spiro atoms. The molecule has 0 radical (unpaired) electrons. The minimum atomic E-state index is 0.794. The molecule has 25 heavy (non-hydrogen) atoms. The van der Waals surface area contributed by atoms with Gasteiger partial charge in [-0.05, 0) is 50.6 Å². The largest absolute Gasteiger partial charge is 0.457 e. The van der Waals surface area contributed by atoms with Crippen LogP contribution in [0.3, 0.4) is 0 Å². The topological polar surface area (TPSA) is 18.5 Å². The summed E-state index contributed by atoms with van der Waals surface area (Å²) in [5.74, 6) is 3.28. The highest BCUT2D eigenvalue weighted by molar-refractivity contribution is 5.63. The van der Waals surface area contributed by atoms with Gasteiger partial charge in [-0.3, -0.25) is 0 Å². The Kier molecular flexibility index (Phi) is 5.20. The highest BCUT2D eigenvalue weighted by Crippen LogP contribution is 2.34. The Morgan fingerprint density at radius 3 is 2.08 bits per heavy atom. The standard InChI is InChI=1S/C23H22O2/c1-4-20(19-12-6-5-7-13-19)24-22-15-10-16-23(18(22)3)25-21-14-9-8-11-17(21)2/h4-16H,1-3H3/b20-4-. The quantitative estimate of drug-likeness (QED) is 0.495. The van der Waals surface area contributed by atoms with Crippen molar-refractivity contribution < 1.29 is 9.47 Å². The molecule has 0 N–H and O–H groups in total. The molecule has 0 aromatic heterocycles. The van der Waals surface area contributed by atoms with Crippen molar-refractivity contribution in [1.29, 1.82) is 0 Å². The first-order valence-corrected chi connectivity index (χ1v) is 8.41.